The third-order valence-electron chi connectivity index (χ3n) is 2.24. The van der Waals surface area contributed by atoms with E-state index in [0.29, 0.717) is 6.54 Å². The Morgan fingerprint density at radius 1 is 1.62 bits per heavy atom. The van der Waals surface area contributed by atoms with E-state index in [1.165, 1.54) is 0 Å². The molecule has 0 aliphatic heterocycles. The average Bonchev–Trinajstić information content (AvgIpc) is 2.19. The number of rotatable bonds is 6. The Morgan fingerprint density at radius 2 is 2.38 bits per heavy atom. The predicted molar refractivity (Wildman–Crippen MR) is 58.9 cm³/mol. The van der Waals surface area contributed by atoms with E-state index in [1.807, 2.05) is 13.0 Å². The second kappa shape index (κ2) is 6.19. The predicted octanol–water partition coefficient (Wildman–Crippen LogP) is 0.315. The van der Waals surface area contributed by atoms with Gasteiger partial charge in [0.05, 0.1) is 12.5 Å². The van der Waals surface area contributed by atoms with E-state index in [1.54, 1.807) is 12.4 Å². The maximum absolute atomic E-state index is 10.3. The minimum atomic E-state index is -0.991. The maximum atomic E-state index is 10.3. The SMILES string of the molecule is Cc1cnccc1CNCC(O)CC(=O)O. The lowest BCUT2D eigenvalue weighted by Gasteiger charge is -2.10. The number of aromatic nitrogens is 1. The van der Waals surface area contributed by atoms with E-state index in [2.05, 4.69) is 10.3 Å². The van der Waals surface area contributed by atoms with Crippen molar-refractivity contribution in [3.05, 3.63) is 29.6 Å². The number of nitrogens with zero attached hydrogens (tertiary/aromatic N) is 1. The van der Waals surface area contributed by atoms with Crippen molar-refractivity contribution in [1.29, 1.82) is 0 Å². The van der Waals surface area contributed by atoms with Crippen molar-refractivity contribution < 1.29 is 15.0 Å². The molecule has 0 saturated heterocycles. The summed E-state index contributed by atoms with van der Waals surface area (Å²) in [5, 5.41) is 20.8. The number of hydrogen-bond donors (Lipinski definition) is 3. The van der Waals surface area contributed by atoms with Gasteiger partial charge in [-0.3, -0.25) is 9.78 Å². The van der Waals surface area contributed by atoms with Crippen molar-refractivity contribution in [3.63, 3.8) is 0 Å². The first-order chi connectivity index (χ1) is 7.59. The first-order valence-electron chi connectivity index (χ1n) is 5.09. The van der Waals surface area contributed by atoms with Crippen LogP contribution in [-0.2, 0) is 11.3 Å². The van der Waals surface area contributed by atoms with E-state index >= 15 is 0 Å². The Kier molecular flexibility index (Phi) is 4.88. The molecule has 5 heteroatoms. The quantitative estimate of drug-likeness (QED) is 0.648. The van der Waals surface area contributed by atoms with Crippen LogP contribution < -0.4 is 5.32 Å². The van der Waals surface area contributed by atoms with Crippen molar-refractivity contribution in [3.8, 4) is 0 Å². The maximum Gasteiger partial charge on any atom is 0.306 e. The molecule has 1 aromatic rings. The molecule has 0 amide bonds. The Labute approximate surface area is 94.1 Å². The highest BCUT2D eigenvalue weighted by molar-refractivity contribution is 5.67. The molecule has 1 unspecified atom stereocenters. The van der Waals surface area contributed by atoms with Crippen molar-refractivity contribution in [2.75, 3.05) is 6.54 Å². The Hall–Kier alpha value is -1.46. The molecule has 3 N–H and O–H groups in total. The Bertz CT molecular complexity index is 355. The molecule has 1 heterocycles. The largest absolute Gasteiger partial charge is 0.481 e. The number of carbonyl (C=O) groups is 1. The van der Waals surface area contributed by atoms with Gasteiger partial charge in [0.2, 0.25) is 0 Å². The number of aliphatic hydroxyl groups excluding tert-OH is 1. The number of aliphatic carboxylic acids is 1. The van der Waals surface area contributed by atoms with Gasteiger partial charge in [-0.05, 0) is 24.1 Å². The molecule has 0 bridgehead atoms. The minimum absolute atomic E-state index is 0.234. The second-order valence-corrected chi connectivity index (χ2v) is 3.68. The molecule has 0 saturated carbocycles. The van der Waals surface area contributed by atoms with Crippen molar-refractivity contribution in [2.24, 2.45) is 0 Å². The molecule has 1 rings (SSSR count). The van der Waals surface area contributed by atoms with Gasteiger partial charge in [0.1, 0.15) is 0 Å². The van der Waals surface area contributed by atoms with Gasteiger partial charge in [-0.25, -0.2) is 0 Å². The summed E-state index contributed by atoms with van der Waals surface area (Å²) < 4.78 is 0. The first-order valence-corrected chi connectivity index (χ1v) is 5.09. The monoisotopic (exact) mass is 224 g/mol. The molecule has 88 valence electrons. The summed E-state index contributed by atoms with van der Waals surface area (Å²) >= 11 is 0. The third kappa shape index (κ3) is 4.37. The summed E-state index contributed by atoms with van der Waals surface area (Å²) in [6, 6.07) is 1.89. The summed E-state index contributed by atoms with van der Waals surface area (Å²) in [5.74, 6) is -0.991. The van der Waals surface area contributed by atoms with Crippen LogP contribution in [0, 0.1) is 6.92 Å². The molecule has 1 aromatic heterocycles. The van der Waals surface area contributed by atoms with Gasteiger partial charge < -0.3 is 15.5 Å². The molecule has 0 fully saturated rings. The number of pyridine rings is 1. The average molecular weight is 224 g/mol. The van der Waals surface area contributed by atoms with Crippen LogP contribution in [0.3, 0.4) is 0 Å². The molecule has 0 aliphatic carbocycles. The topological polar surface area (TPSA) is 82.5 Å². The van der Waals surface area contributed by atoms with Gasteiger partial charge in [0.15, 0.2) is 0 Å². The highest BCUT2D eigenvalue weighted by Crippen LogP contribution is 2.04. The van der Waals surface area contributed by atoms with Crippen LogP contribution in [0.25, 0.3) is 0 Å². The smallest absolute Gasteiger partial charge is 0.306 e. The highest BCUT2D eigenvalue weighted by Gasteiger charge is 2.08. The van der Waals surface area contributed by atoms with Gasteiger partial charge in [-0.15, -0.1) is 0 Å². The van der Waals surface area contributed by atoms with Crippen LogP contribution in [0.5, 0.6) is 0 Å². The highest BCUT2D eigenvalue weighted by atomic mass is 16.4. The zero-order chi connectivity index (χ0) is 12.0. The van der Waals surface area contributed by atoms with Crippen LogP contribution in [0.2, 0.25) is 0 Å². The van der Waals surface area contributed by atoms with Gasteiger partial charge in [0, 0.05) is 25.5 Å². The van der Waals surface area contributed by atoms with Gasteiger partial charge in [-0.1, -0.05) is 0 Å². The summed E-state index contributed by atoms with van der Waals surface area (Å²) in [6.45, 7) is 2.83. The normalized spacial score (nSPS) is 12.4. The number of aliphatic hydroxyl groups is 1. The van der Waals surface area contributed by atoms with Gasteiger partial charge in [-0.2, -0.15) is 0 Å². The molecular weight excluding hydrogens is 208 g/mol. The number of carboxylic acids is 1. The van der Waals surface area contributed by atoms with Crippen molar-refractivity contribution >= 4 is 5.97 Å². The van der Waals surface area contributed by atoms with Gasteiger partial charge >= 0.3 is 5.97 Å². The summed E-state index contributed by atoms with van der Waals surface area (Å²) in [7, 11) is 0. The zero-order valence-corrected chi connectivity index (χ0v) is 9.18. The fourth-order valence-corrected chi connectivity index (χ4v) is 1.35. The first kappa shape index (κ1) is 12.6. The van der Waals surface area contributed by atoms with E-state index in [-0.39, 0.29) is 13.0 Å². The fourth-order valence-electron chi connectivity index (χ4n) is 1.35. The molecule has 0 aliphatic rings. The lowest BCUT2D eigenvalue weighted by Crippen LogP contribution is -2.28. The van der Waals surface area contributed by atoms with Crippen molar-refractivity contribution in [2.45, 2.75) is 26.0 Å². The van der Waals surface area contributed by atoms with Crippen LogP contribution in [0.15, 0.2) is 18.5 Å². The zero-order valence-electron chi connectivity index (χ0n) is 9.18. The van der Waals surface area contributed by atoms with E-state index in [0.717, 1.165) is 11.1 Å². The molecule has 0 radical (unpaired) electrons. The third-order valence-corrected chi connectivity index (χ3v) is 2.24. The molecule has 1 atom stereocenters. The van der Waals surface area contributed by atoms with Crippen LogP contribution in [-0.4, -0.2) is 33.8 Å². The summed E-state index contributed by atoms with van der Waals surface area (Å²) in [4.78, 5) is 14.3. The Morgan fingerprint density at radius 3 is 3.00 bits per heavy atom. The minimum Gasteiger partial charge on any atom is -0.481 e. The lowest BCUT2D eigenvalue weighted by atomic mass is 10.1. The molecule has 5 nitrogen and oxygen atoms in total. The fraction of sp³-hybridized carbons (Fsp3) is 0.455. The lowest BCUT2D eigenvalue weighted by molar-refractivity contribution is -0.139. The second-order valence-electron chi connectivity index (χ2n) is 3.68. The standard InChI is InChI=1S/C11H16N2O3/c1-8-5-12-3-2-9(8)6-13-7-10(14)4-11(15)16/h2-3,5,10,13-14H,4,6-7H2,1H3,(H,15,16). The molecule has 16 heavy (non-hydrogen) atoms. The van der Waals surface area contributed by atoms with Crippen LogP contribution in [0.4, 0.5) is 0 Å². The number of hydrogen-bond acceptors (Lipinski definition) is 4. The summed E-state index contributed by atoms with van der Waals surface area (Å²) in [5.41, 5.74) is 2.17. The van der Waals surface area contributed by atoms with Gasteiger partial charge in [0.25, 0.3) is 0 Å². The molecular formula is C11H16N2O3. The van der Waals surface area contributed by atoms with E-state index in [9.17, 15) is 9.90 Å². The number of nitrogens with one attached hydrogen (secondary N) is 1. The van der Waals surface area contributed by atoms with E-state index in [4.69, 9.17) is 5.11 Å². The molecule has 0 spiro atoms. The number of aryl methyl sites for hydroxylation is 1. The van der Waals surface area contributed by atoms with Crippen LogP contribution >= 0.6 is 0 Å². The van der Waals surface area contributed by atoms with E-state index < -0.39 is 12.1 Å². The van der Waals surface area contributed by atoms with Crippen LogP contribution in [0.1, 0.15) is 17.5 Å². The molecule has 0 aromatic carbocycles. The van der Waals surface area contributed by atoms with Crippen molar-refractivity contribution in [1.82, 2.24) is 10.3 Å². The Balaban J connectivity index is 2.30. The number of carboxylic acid groups (broad SMARTS) is 1. The summed E-state index contributed by atoms with van der Waals surface area (Å²) in [6.07, 6.45) is 2.39.